The zero-order valence-electron chi connectivity index (χ0n) is 15.9. The van der Waals surface area contributed by atoms with Crippen LogP contribution in [0, 0.1) is 0 Å². The Bertz CT molecular complexity index is 740. The third kappa shape index (κ3) is 4.17. The van der Waals surface area contributed by atoms with Gasteiger partial charge in [0.15, 0.2) is 0 Å². The first-order valence-electron chi connectivity index (χ1n) is 9.34. The molecule has 1 spiro atoms. The molecule has 27 heavy (non-hydrogen) atoms. The van der Waals surface area contributed by atoms with Crippen LogP contribution in [0.2, 0.25) is 0 Å². The van der Waals surface area contributed by atoms with Crippen molar-refractivity contribution in [2.45, 2.75) is 31.1 Å². The van der Waals surface area contributed by atoms with E-state index in [9.17, 15) is 0 Å². The summed E-state index contributed by atoms with van der Waals surface area (Å²) < 4.78 is 22.9. The summed E-state index contributed by atoms with van der Waals surface area (Å²) in [6.45, 7) is 3.41. The highest BCUT2D eigenvalue weighted by Gasteiger charge is 2.48. The number of hydrogen-bond acceptors (Lipinski definition) is 6. The summed E-state index contributed by atoms with van der Waals surface area (Å²) >= 11 is 0. The van der Waals surface area contributed by atoms with Crippen LogP contribution in [-0.4, -0.2) is 55.5 Å². The maximum absolute atomic E-state index is 6.14. The van der Waals surface area contributed by atoms with Crippen molar-refractivity contribution in [1.82, 2.24) is 9.88 Å². The minimum absolute atomic E-state index is 0.0966. The van der Waals surface area contributed by atoms with Gasteiger partial charge in [0.25, 0.3) is 0 Å². The maximum Gasteiger partial charge on any atom is 0.213 e. The van der Waals surface area contributed by atoms with E-state index in [1.807, 2.05) is 24.3 Å². The highest BCUT2D eigenvalue weighted by Crippen LogP contribution is 2.36. The van der Waals surface area contributed by atoms with Crippen LogP contribution in [0.4, 0.5) is 0 Å². The molecule has 0 saturated carbocycles. The van der Waals surface area contributed by atoms with Gasteiger partial charge in [-0.2, -0.15) is 0 Å². The highest BCUT2D eigenvalue weighted by molar-refractivity contribution is 5.38. The Balaban J connectivity index is 1.34. The number of ether oxygens (including phenoxy) is 4. The van der Waals surface area contributed by atoms with Gasteiger partial charge in [0, 0.05) is 50.8 Å². The lowest BCUT2D eigenvalue weighted by Gasteiger charge is -2.53. The molecule has 0 radical (unpaired) electrons. The fourth-order valence-electron chi connectivity index (χ4n) is 3.99. The molecule has 1 atom stereocenters. The van der Waals surface area contributed by atoms with E-state index in [0.717, 1.165) is 50.6 Å². The van der Waals surface area contributed by atoms with Gasteiger partial charge in [0.05, 0.1) is 26.4 Å². The van der Waals surface area contributed by atoms with Crippen LogP contribution in [0.15, 0.2) is 42.6 Å². The summed E-state index contributed by atoms with van der Waals surface area (Å²) in [6, 6.07) is 11.8. The lowest BCUT2D eigenvalue weighted by Crippen LogP contribution is -2.65. The van der Waals surface area contributed by atoms with Crippen molar-refractivity contribution in [3.63, 3.8) is 0 Å². The summed E-state index contributed by atoms with van der Waals surface area (Å²) in [7, 11) is 3.35. The van der Waals surface area contributed by atoms with Crippen LogP contribution < -0.4 is 14.2 Å². The number of methoxy groups -OCH3 is 2. The van der Waals surface area contributed by atoms with Gasteiger partial charge in [-0.3, -0.25) is 4.90 Å². The Kier molecular flexibility index (Phi) is 5.18. The molecule has 2 aliphatic heterocycles. The lowest BCUT2D eigenvalue weighted by atomic mass is 9.84. The molecule has 0 aliphatic carbocycles. The predicted molar refractivity (Wildman–Crippen MR) is 101 cm³/mol. The molecule has 6 nitrogen and oxygen atoms in total. The second kappa shape index (κ2) is 7.74. The molecule has 144 valence electrons. The largest absolute Gasteiger partial charge is 0.497 e. The van der Waals surface area contributed by atoms with E-state index in [0.29, 0.717) is 5.88 Å². The minimum atomic E-state index is -0.0966. The zero-order valence-corrected chi connectivity index (χ0v) is 15.9. The van der Waals surface area contributed by atoms with Crippen molar-refractivity contribution in [2.24, 2.45) is 0 Å². The highest BCUT2D eigenvalue weighted by atomic mass is 16.5. The molecule has 4 rings (SSSR count). The van der Waals surface area contributed by atoms with Crippen LogP contribution in [0.25, 0.3) is 0 Å². The van der Waals surface area contributed by atoms with Crippen molar-refractivity contribution in [3.05, 3.63) is 48.2 Å². The number of aromatic nitrogens is 1. The first kappa shape index (κ1) is 18.1. The summed E-state index contributed by atoms with van der Waals surface area (Å²) in [4.78, 5) is 6.66. The van der Waals surface area contributed by atoms with Crippen molar-refractivity contribution in [1.29, 1.82) is 0 Å². The standard InChI is InChI=1S/C21H26N2O4/c1-24-18-9-16(10-19(11-18)25-2)13-23-14-21(15-23)12-17(6-8-26-21)27-20-5-3-4-7-22-20/h3-5,7,9-11,17H,6,8,12-15H2,1-2H3/t17-/m0/s1. The van der Waals surface area contributed by atoms with E-state index in [2.05, 4.69) is 22.0 Å². The number of nitrogens with zero attached hydrogens (tertiary/aromatic N) is 2. The second-order valence-corrected chi connectivity index (χ2v) is 7.30. The van der Waals surface area contributed by atoms with E-state index in [1.165, 1.54) is 5.56 Å². The van der Waals surface area contributed by atoms with E-state index >= 15 is 0 Å². The van der Waals surface area contributed by atoms with Gasteiger partial charge < -0.3 is 18.9 Å². The molecule has 0 N–H and O–H groups in total. The fourth-order valence-corrected chi connectivity index (χ4v) is 3.99. The summed E-state index contributed by atoms with van der Waals surface area (Å²) in [5.74, 6) is 2.33. The molecular formula is C21H26N2O4. The Morgan fingerprint density at radius 2 is 1.93 bits per heavy atom. The summed E-state index contributed by atoms with van der Waals surface area (Å²) in [6.07, 6.45) is 3.73. The predicted octanol–water partition coefficient (Wildman–Crippen LogP) is 2.91. The normalized spacial score (nSPS) is 21.5. The number of benzene rings is 1. The van der Waals surface area contributed by atoms with Crippen molar-refractivity contribution >= 4 is 0 Å². The number of pyridine rings is 1. The quantitative estimate of drug-likeness (QED) is 0.779. The SMILES string of the molecule is COc1cc(CN2CC3(C[C@@H](Oc4ccccn4)CCO3)C2)cc(OC)c1. The van der Waals surface area contributed by atoms with E-state index in [1.54, 1.807) is 20.4 Å². The van der Waals surface area contributed by atoms with Crippen LogP contribution in [-0.2, 0) is 11.3 Å². The van der Waals surface area contributed by atoms with Gasteiger partial charge in [0.1, 0.15) is 17.6 Å². The topological polar surface area (TPSA) is 53.1 Å². The molecule has 1 aromatic heterocycles. The van der Waals surface area contributed by atoms with Gasteiger partial charge in [-0.15, -0.1) is 0 Å². The zero-order chi connectivity index (χ0) is 18.7. The van der Waals surface area contributed by atoms with Gasteiger partial charge in [-0.25, -0.2) is 4.98 Å². The van der Waals surface area contributed by atoms with Gasteiger partial charge in [-0.1, -0.05) is 6.07 Å². The van der Waals surface area contributed by atoms with Crippen LogP contribution in [0.1, 0.15) is 18.4 Å². The first-order valence-corrected chi connectivity index (χ1v) is 9.34. The smallest absolute Gasteiger partial charge is 0.213 e. The second-order valence-electron chi connectivity index (χ2n) is 7.30. The van der Waals surface area contributed by atoms with Crippen molar-refractivity contribution in [3.8, 4) is 17.4 Å². The fraction of sp³-hybridized carbons (Fsp3) is 0.476. The molecular weight excluding hydrogens is 344 g/mol. The van der Waals surface area contributed by atoms with Crippen LogP contribution in [0.3, 0.4) is 0 Å². The summed E-state index contributed by atoms with van der Waals surface area (Å²) in [5, 5.41) is 0. The van der Waals surface area contributed by atoms with Gasteiger partial charge in [0.2, 0.25) is 5.88 Å². The molecule has 0 amide bonds. The maximum atomic E-state index is 6.14. The van der Waals surface area contributed by atoms with E-state index < -0.39 is 0 Å². The molecule has 2 saturated heterocycles. The van der Waals surface area contributed by atoms with Crippen LogP contribution >= 0.6 is 0 Å². The van der Waals surface area contributed by atoms with E-state index in [4.69, 9.17) is 18.9 Å². The monoisotopic (exact) mass is 370 g/mol. The lowest BCUT2D eigenvalue weighted by molar-refractivity contribution is -0.188. The Morgan fingerprint density at radius 3 is 2.59 bits per heavy atom. The molecule has 2 aliphatic rings. The summed E-state index contributed by atoms with van der Waals surface area (Å²) in [5.41, 5.74) is 1.08. The first-order chi connectivity index (χ1) is 13.2. The Labute approximate surface area is 160 Å². The Morgan fingerprint density at radius 1 is 1.15 bits per heavy atom. The average Bonchev–Trinajstić information content (AvgIpc) is 2.67. The Hall–Kier alpha value is -2.31. The van der Waals surface area contributed by atoms with Gasteiger partial charge >= 0.3 is 0 Å². The number of rotatable bonds is 6. The molecule has 2 aromatic rings. The van der Waals surface area contributed by atoms with E-state index in [-0.39, 0.29) is 11.7 Å². The molecule has 0 bridgehead atoms. The average molecular weight is 370 g/mol. The molecule has 3 heterocycles. The third-order valence-electron chi connectivity index (χ3n) is 5.21. The van der Waals surface area contributed by atoms with Gasteiger partial charge in [-0.05, 0) is 23.8 Å². The van der Waals surface area contributed by atoms with Crippen molar-refractivity contribution in [2.75, 3.05) is 33.9 Å². The molecule has 1 aromatic carbocycles. The minimum Gasteiger partial charge on any atom is -0.497 e. The molecule has 0 unspecified atom stereocenters. The van der Waals surface area contributed by atoms with Crippen molar-refractivity contribution < 1.29 is 18.9 Å². The number of hydrogen-bond donors (Lipinski definition) is 0. The molecule has 6 heteroatoms. The number of likely N-dealkylation sites (tertiary alicyclic amines) is 1. The molecule has 2 fully saturated rings. The third-order valence-corrected chi connectivity index (χ3v) is 5.21. The van der Waals surface area contributed by atoms with Crippen LogP contribution in [0.5, 0.6) is 17.4 Å².